The van der Waals surface area contributed by atoms with Crippen molar-refractivity contribution in [1.29, 1.82) is 5.26 Å². The Bertz CT molecular complexity index is 1110. The summed E-state index contributed by atoms with van der Waals surface area (Å²) >= 11 is 2.65. The van der Waals surface area contributed by atoms with E-state index >= 15 is 0 Å². The van der Waals surface area contributed by atoms with Crippen molar-refractivity contribution in [2.45, 2.75) is 17.5 Å². The Kier molecular flexibility index (Phi) is 7.17. The topological polar surface area (TPSA) is 99.5 Å². The number of thioether (sulfide) groups is 2. The van der Waals surface area contributed by atoms with Crippen molar-refractivity contribution in [3.63, 3.8) is 0 Å². The molecule has 7 nitrogen and oxygen atoms in total. The van der Waals surface area contributed by atoms with Crippen LogP contribution in [0.25, 0.3) is 0 Å². The number of esters is 1. The van der Waals surface area contributed by atoms with Gasteiger partial charge in [0.25, 0.3) is 5.91 Å². The minimum Gasteiger partial charge on any atom is -0.448 e. The fourth-order valence-corrected chi connectivity index (χ4v) is 5.93. The second kappa shape index (κ2) is 10.4. The first-order valence-electron chi connectivity index (χ1n) is 10.1. The first kappa shape index (κ1) is 22.7. The molecule has 0 radical (unpaired) electrons. The number of carbonyl (C=O) groups excluding carboxylic acids is 3. The van der Waals surface area contributed by atoms with E-state index in [0.717, 1.165) is 11.1 Å². The molecule has 1 unspecified atom stereocenters. The van der Waals surface area contributed by atoms with Gasteiger partial charge in [0.15, 0.2) is 6.10 Å². The first-order valence-corrected chi connectivity index (χ1v) is 12.0. The van der Waals surface area contributed by atoms with Crippen LogP contribution in [0.5, 0.6) is 0 Å². The number of carbonyl (C=O) groups is 3. The summed E-state index contributed by atoms with van der Waals surface area (Å²) in [6.07, 6.45) is 1.13. The molecule has 2 aromatic rings. The van der Waals surface area contributed by atoms with Crippen LogP contribution in [0, 0.1) is 11.3 Å². The van der Waals surface area contributed by atoms with Crippen LogP contribution in [0.2, 0.25) is 0 Å². The van der Waals surface area contributed by atoms with Crippen molar-refractivity contribution in [2.75, 3.05) is 5.75 Å². The summed E-state index contributed by atoms with van der Waals surface area (Å²) in [5.41, 5.74) is 1.75. The Morgan fingerprint density at radius 2 is 1.82 bits per heavy atom. The third kappa shape index (κ3) is 4.67. The van der Waals surface area contributed by atoms with Crippen molar-refractivity contribution < 1.29 is 19.1 Å². The molecule has 4 rings (SSSR count). The molecule has 0 aromatic heterocycles. The van der Waals surface area contributed by atoms with Crippen LogP contribution in [0.4, 0.5) is 0 Å². The van der Waals surface area contributed by atoms with Crippen molar-refractivity contribution in [3.05, 3.63) is 93.9 Å². The SMILES string of the molecule is N#C/C=C\SC1=C(C(=O)OC(c2ccccc2)c2ccccc2)N2C(=O)C(NC=O)[C@H]2SC1. The fourth-order valence-electron chi connectivity index (χ4n) is 3.66. The number of amides is 2. The minimum absolute atomic E-state index is 0.150. The van der Waals surface area contributed by atoms with Gasteiger partial charge in [-0.15, -0.1) is 11.8 Å². The molecular weight excluding hydrogens is 458 g/mol. The van der Waals surface area contributed by atoms with Gasteiger partial charge in [-0.25, -0.2) is 4.79 Å². The monoisotopic (exact) mass is 477 g/mol. The average Bonchev–Trinajstić information content (AvgIpc) is 2.86. The lowest BCUT2D eigenvalue weighted by Crippen LogP contribution is -2.69. The lowest BCUT2D eigenvalue weighted by molar-refractivity contribution is -0.154. The molecule has 2 amide bonds. The van der Waals surface area contributed by atoms with Gasteiger partial charge in [0.05, 0.1) is 6.07 Å². The van der Waals surface area contributed by atoms with Gasteiger partial charge in [-0.2, -0.15) is 5.26 Å². The molecule has 2 heterocycles. The van der Waals surface area contributed by atoms with E-state index in [9.17, 15) is 14.4 Å². The van der Waals surface area contributed by atoms with Crippen LogP contribution in [-0.4, -0.2) is 40.4 Å². The van der Waals surface area contributed by atoms with E-state index in [1.807, 2.05) is 66.7 Å². The zero-order valence-corrected chi connectivity index (χ0v) is 18.9. The van der Waals surface area contributed by atoms with E-state index in [4.69, 9.17) is 10.00 Å². The summed E-state index contributed by atoms with van der Waals surface area (Å²) in [6.45, 7) is 0. The van der Waals surface area contributed by atoms with Crippen LogP contribution < -0.4 is 5.32 Å². The van der Waals surface area contributed by atoms with Gasteiger partial charge in [-0.1, -0.05) is 72.4 Å². The highest BCUT2D eigenvalue weighted by Crippen LogP contribution is 2.44. The van der Waals surface area contributed by atoms with E-state index < -0.39 is 18.1 Å². The number of allylic oxidation sites excluding steroid dienone is 1. The normalized spacial score (nSPS) is 19.6. The summed E-state index contributed by atoms with van der Waals surface area (Å²) in [5, 5.41) is 12.5. The van der Waals surface area contributed by atoms with Crippen LogP contribution in [0.1, 0.15) is 17.2 Å². The molecule has 33 heavy (non-hydrogen) atoms. The number of ether oxygens (including phenoxy) is 1. The molecule has 2 aromatic carbocycles. The number of rotatable bonds is 8. The zero-order valence-electron chi connectivity index (χ0n) is 17.3. The lowest BCUT2D eigenvalue weighted by Gasteiger charge is -2.49. The van der Waals surface area contributed by atoms with Crippen LogP contribution in [0.15, 0.2) is 82.7 Å². The number of nitriles is 1. The number of fused-ring (bicyclic) bond motifs is 1. The maximum atomic E-state index is 13.5. The Labute approximate surface area is 199 Å². The fraction of sp³-hybridized carbons (Fsp3) is 0.167. The number of benzene rings is 2. The summed E-state index contributed by atoms with van der Waals surface area (Å²) in [7, 11) is 0. The van der Waals surface area contributed by atoms with Gasteiger partial charge >= 0.3 is 5.97 Å². The van der Waals surface area contributed by atoms with Gasteiger partial charge in [0.1, 0.15) is 17.1 Å². The van der Waals surface area contributed by atoms with E-state index in [1.54, 1.807) is 5.41 Å². The summed E-state index contributed by atoms with van der Waals surface area (Å²) in [5.74, 6) is -0.564. The lowest BCUT2D eigenvalue weighted by atomic mass is 10.0. The highest BCUT2D eigenvalue weighted by atomic mass is 32.2. The van der Waals surface area contributed by atoms with Crippen LogP contribution >= 0.6 is 23.5 Å². The molecule has 2 aliphatic rings. The number of nitrogens with one attached hydrogen (secondary N) is 1. The van der Waals surface area contributed by atoms with E-state index in [1.165, 1.54) is 34.5 Å². The van der Waals surface area contributed by atoms with Gasteiger partial charge in [0, 0.05) is 16.7 Å². The molecular formula is C24H19N3O4S2. The molecule has 1 fully saturated rings. The summed E-state index contributed by atoms with van der Waals surface area (Å²) < 4.78 is 6.00. The van der Waals surface area contributed by atoms with Gasteiger partial charge < -0.3 is 10.1 Å². The van der Waals surface area contributed by atoms with E-state index in [0.29, 0.717) is 17.1 Å². The first-order chi connectivity index (χ1) is 16.2. The van der Waals surface area contributed by atoms with E-state index in [-0.39, 0.29) is 17.0 Å². The Morgan fingerprint density at radius 1 is 1.18 bits per heavy atom. The smallest absolute Gasteiger partial charge is 0.356 e. The molecule has 0 saturated carbocycles. The highest BCUT2D eigenvalue weighted by Gasteiger charge is 2.54. The molecule has 0 spiro atoms. The Balaban J connectivity index is 1.68. The van der Waals surface area contributed by atoms with Gasteiger partial charge in [-0.3, -0.25) is 14.5 Å². The predicted molar refractivity (Wildman–Crippen MR) is 126 cm³/mol. The maximum absolute atomic E-state index is 13.5. The standard InChI is InChI=1S/C24H19N3O4S2/c25-12-7-13-32-18-14-33-23-19(26-15-28)22(29)27(23)20(18)24(30)31-21(16-8-3-1-4-9-16)17-10-5-2-6-11-17/h1-11,13,15,19,21,23H,14H2,(H,26,28)/b13-7-/t19?,23-/m1/s1. The largest absolute Gasteiger partial charge is 0.448 e. The zero-order chi connectivity index (χ0) is 23.2. The average molecular weight is 478 g/mol. The minimum atomic E-state index is -0.685. The number of β-lactam (4-membered cyclic amide) rings is 1. The second-order valence-electron chi connectivity index (χ2n) is 7.10. The summed E-state index contributed by atoms with van der Waals surface area (Å²) in [6, 6.07) is 20.0. The number of nitrogens with zero attached hydrogens (tertiary/aromatic N) is 2. The summed E-state index contributed by atoms with van der Waals surface area (Å²) in [4.78, 5) is 39.2. The number of hydrogen-bond acceptors (Lipinski definition) is 7. The maximum Gasteiger partial charge on any atom is 0.356 e. The number of hydrogen-bond donors (Lipinski definition) is 1. The van der Waals surface area contributed by atoms with Crippen molar-refractivity contribution in [3.8, 4) is 6.07 Å². The van der Waals surface area contributed by atoms with E-state index in [2.05, 4.69) is 5.32 Å². The molecule has 166 valence electrons. The third-order valence-electron chi connectivity index (χ3n) is 5.16. The molecule has 0 bridgehead atoms. The van der Waals surface area contributed by atoms with Crippen LogP contribution in [-0.2, 0) is 19.1 Å². The second-order valence-corrected chi connectivity index (χ2v) is 9.21. The van der Waals surface area contributed by atoms with Crippen molar-refractivity contribution >= 4 is 41.8 Å². The Hall–Kier alpha value is -3.48. The molecule has 9 heteroatoms. The van der Waals surface area contributed by atoms with Crippen LogP contribution in [0.3, 0.4) is 0 Å². The molecule has 1 saturated heterocycles. The van der Waals surface area contributed by atoms with Gasteiger partial charge in [-0.05, 0) is 16.5 Å². The third-order valence-corrected chi connectivity index (χ3v) is 7.51. The molecule has 0 aliphatic carbocycles. The molecule has 2 atom stereocenters. The van der Waals surface area contributed by atoms with Crippen molar-refractivity contribution in [2.24, 2.45) is 0 Å². The highest BCUT2D eigenvalue weighted by molar-refractivity contribution is 8.08. The van der Waals surface area contributed by atoms with Crippen molar-refractivity contribution in [1.82, 2.24) is 10.2 Å². The molecule has 1 N–H and O–H groups in total. The Morgan fingerprint density at radius 3 is 2.39 bits per heavy atom. The molecule has 2 aliphatic heterocycles. The van der Waals surface area contributed by atoms with Gasteiger partial charge in [0.2, 0.25) is 6.41 Å². The quantitative estimate of drug-likeness (QED) is 0.269. The predicted octanol–water partition coefficient (Wildman–Crippen LogP) is 3.33.